The largest absolute Gasteiger partial charge is 0.465 e. The number of aliphatic hydroxyl groups excluding tert-OH is 1. The van der Waals surface area contributed by atoms with Crippen LogP contribution in [0.3, 0.4) is 0 Å². The third-order valence-corrected chi connectivity index (χ3v) is 5.58. The van der Waals surface area contributed by atoms with Gasteiger partial charge in [0.2, 0.25) is 0 Å². The average Bonchev–Trinajstić information content (AvgIpc) is 2.72. The van der Waals surface area contributed by atoms with E-state index < -0.39 is 17.4 Å². The van der Waals surface area contributed by atoms with Crippen molar-refractivity contribution in [2.75, 3.05) is 13.2 Å². The zero-order valence-corrected chi connectivity index (χ0v) is 19.5. The Balaban J connectivity index is 4.88. The molecule has 5 nitrogen and oxygen atoms in total. The molecule has 0 aromatic rings. The standard InChI is InChI=1S/C24H46O5/c1-5-8-10-16-20-28-22(26)24(4,18-14-11-12-15-19-25)23(27)29-21(7-3)17-13-9-6-2/h21,25H,5-20H2,1-4H3. The Morgan fingerprint density at radius 1 is 0.828 bits per heavy atom. The van der Waals surface area contributed by atoms with E-state index in [1.165, 1.54) is 0 Å². The van der Waals surface area contributed by atoms with Crippen molar-refractivity contribution in [2.24, 2.45) is 5.41 Å². The molecular formula is C24H46O5. The Labute approximate surface area is 178 Å². The number of esters is 2. The molecule has 1 N–H and O–H groups in total. The maximum absolute atomic E-state index is 13.0. The summed E-state index contributed by atoms with van der Waals surface area (Å²) >= 11 is 0. The van der Waals surface area contributed by atoms with Crippen molar-refractivity contribution in [2.45, 2.75) is 124 Å². The molecule has 0 bridgehead atoms. The Morgan fingerprint density at radius 2 is 1.45 bits per heavy atom. The summed E-state index contributed by atoms with van der Waals surface area (Å²) < 4.78 is 11.3. The maximum atomic E-state index is 13.0. The molecule has 0 aromatic carbocycles. The van der Waals surface area contributed by atoms with Crippen LogP contribution in [0, 0.1) is 5.41 Å². The van der Waals surface area contributed by atoms with Gasteiger partial charge in [0.25, 0.3) is 0 Å². The smallest absolute Gasteiger partial charge is 0.323 e. The Morgan fingerprint density at radius 3 is 2.07 bits per heavy atom. The van der Waals surface area contributed by atoms with Crippen LogP contribution in [0.1, 0.15) is 118 Å². The molecular weight excluding hydrogens is 368 g/mol. The molecule has 0 rings (SSSR count). The Bertz CT molecular complexity index is 423. The monoisotopic (exact) mass is 414 g/mol. The normalized spacial score (nSPS) is 14.2. The fourth-order valence-electron chi connectivity index (χ4n) is 3.33. The second kappa shape index (κ2) is 17.7. The lowest BCUT2D eigenvalue weighted by Gasteiger charge is -2.28. The first-order valence-electron chi connectivity index (χ1n) is 11.9. The minimum absolute atomic E-state index is 0.139. The first kappa shape index (κ1) is 27.9. The number of rotatable bonds is 19. The summed E-state index contributed by atoms with van der Waals surface area (Å²) in [5.41, 5.74) is -1.25. The summed E-state index contributed by atoms with van der Waals surface area (Å²) in [6.07, 6.45) is 12.5. The highest BCUT2D eigenvalue weighted by molar-refractivity contribution is 5.99. The van der Waals surface area contributed by atoms with Crippen LogP contribution in [0.15, 0.2) is 0 Å². The minimum atomic E-state index is -1.25. The third-order valence-electron chi connectivity index (χ3n) is 5.58. The van der Waals surface area contributed by atoms with Crippen molar-refractivity contribution in [3.05, 3.63) is 0 Å². The van der Waals surface area contributed by atoms with Crippen molar-refractivity contribution in [1.29, 1.82) is 0 Å². The topological polar surface area (TPSA) is 72.8 Å². The molecule has 0 heterocycles. The Hall–Kier alpha value is -1.10. The summed E-state index contributed by atoms with van der Waals surface area (Å²) in [4.78, 5) is 25.8. The predicted molar refractivity (Wildman–Crippen MR) is 118 cm³/mol. The van der Waals surface area contributed by atoms with Crippen LogP contribution in [0.4, 0.5) is 0 Å². The van der Waals surface area contributed by atoms with Crippen LogP contribution < -0.4 is 0 Å². The second-order valence-corrected chi connectivity index (χ2v) is 8.35. The quantitative estimate of drug-likeness (QED) is 0.160. The minimum Gasteiger partial charge on any atom is -0.465 e. The lowest BCUT2D eigenvalue weighted by Crippen LogP contribution is -2.41. The van der Waals surface area contributed by atoms with E-state index in [2.05, 4.69) is 13.8 Å². The first-order chi connectivity index (χ1) is 14.0. The van der Waals surface area contributed by atoms with Gasteiger partial charge in [-0.05, 0) is 45.4 Å². The molecule has 29 heavy (non-hydrogen) atoms. The second-order valence-electron chi connectivity index (χ2n) is 8.35. The molecule has 0 spiro atoms. The van der Waals surface area contributed by atoms with Crippen molar-refractivity contribution in [1.82, 2.24) is 0 Å². The fourth-order valence-corrected chi connectivity index (χ4v) is 3.33. The van der Waals surface area contributed by atoms with Crippen LogP contribution in [0.25, 0.3) is 0 Å². The lowest BCUT2D eigenvalue weighted by molar-refractivity contribution is -0.175. The fraction of sp³-hybridized carbons (Fsp3) is 0.917. The number of ether oxygens (including phenoxy) is 2. The summed E-state index contributed by atoms with van der Waals surface area (Å²) in [6, 6.07) is 0. The van der Waals surface area contributed by atoms with Crippen LogP contribution in [0.5, 0.6) is 0 Å². The summed E-state index contributed by atoms with van der Waals surface area (Å²) in [5.74, 6) is -0.897. The van der Waals surface area contributed by atoms with Crippen LogP contribution in [0.2, 0.25) is 0 Å². The summed E-state index contributed by atoms with van der Waals surface area (Å²) in [6.45, 7) is 8.52. The van der Waals surface area contributed by atoms with E-state index >= 15 is 0 Å². The number of unbranched alkanes of at least 4 members (excludes halogenated alkanes) is 8. The van der Waals surface area contributed by atoms with Crippen molar-refractivity contribution in [3.63, 3.8) is 0 Å². The van der Waals surface area contributed by atoms with Crippen LogP contribution in [-0.4, -0.2) is 36.4 Å². The van der Waals surface area contributed by atoms with Gasteiger partial charge in [-0.3, -0.25) is 9.59 Å². The number of hydrogen-bond donors (Lipinski definition) is 1. The number of hydrogen-bond acceptors (Lipinski definition) is 5. The van der Waals surface area contributed by atoms with Crippen LogP contribution >= 0.6 is 0 Å². The van der Waals surface area contributed by atoms with Crippen LogP contribution in [-0.2, 0) is 19.1 Å². The number of carbonyl (C=O) groups excluding carboxylic acids is 2. The van der Waals surface area contributed by atoms with Gasteiger partial charge < -0.3 is 14.6 Å². The van der Waals surface area contributed by atoms with E-state index in [9.17, 15) is 9.59 Å². The lowest BCUT2D eigenvalue weighted by atomic mass is 9.84. The van der Waals surface area contributed by atoms with Crippen molar-refractivity contribution >= 4 is 11.9 Å². The summed E-state index contributed by atoms with van der Waals surface area (Å²) in [7, 11) is 0. The van der Waals surface area contributed by atoms with Crippen molar-refractivity contribution in [3.8, 4) is 0 Å². The molecule has 0 aromatic heterocycles. The van der Waals surface area contributed by atoms with Crippen molar-refractivity contribution < 1.29 is 24.2 Å². The molecule has 0 saturated carbocycles. The van der Waals surface area contributed by atoms with E-state index in [4.69, 9.17) is 14.6 Å². The SMILES string of the molecule is CCCCCCOC(=O)C(C)(CCCCCCO)C(=O)OC(CC)CCCCC. The van der Waals surface area contributed by atoms with Gasteiger partial charge in [0.15, 0.2) is 5.41 Å². The molecule has 2 unspecified atom stereocenters. The number of aliphatic hydroxyl groups is 1. The van der Waals surface area contributed by atoms with E-state index in [1.54, 1.807) is 6.92 Å². The molecule has 0 aliphatic carbocycles. The highest BCUT2D eigenvalue weighted by Crippen LogP contribution is 2.30. The predicted octanol–water partition coefficient (Wildman–Crippen LogP) is 5.96. The van der Waals surface area contributed by atoms with Gasteiger partial charge in [-0.25, -0.2) is 0 Å². The molecule has 0 radical (unpaired) electrons. The highest BCUT2D eigenvalue weighted by Gasteiger charge is 2.44. The molecule has 2 atom stereocenters. The molecule has 0 aliphatic heterocycles. The van der Waals surface area contributed by atoms with Gasteiger partial charge in [0, 0.05) is 6.61 Å². The van der Waals surface area contributed by atoms with Gasteiger partial charge in [-0.15, -0.1) is 0 Å². The molecule has 0 saturated heterocycles. The maximum Gasteiger partial charge on any atom is 0.323 e. The molecule has 0 fully saturated rings. The van der Waals surface area contributed by atoms with E-state index in [-0.39, 0.29) is 12.7 Å². The van der Waals surface area contributed by atoms with Gasteiger partial charge in [0.1, 0.15) is 6.10 Å². The zero-order valence-electron chi connectivity index (χ0n) is 19.5. The zero-order chi connectivity index (χ0) is 22.0. The van der Waals surface area contributed by atoms with Gasteiger partial charge in [0.05, 0.1) is 6.61 Å². The Kier molecular flexibility index (Phi) is 17.1. The molecule has 172 valence electrons. The molecule has 0 amide bonds. The average molecular weight is 415 g/mol. The van der Waals surface area contributed by atoms with E-state index in [0.717, 1.165) is 83.5 Å². The van der Waals surface area contributed by atoms with E-state index in [1.807, 2.05) is 6.92 Å². The van der Waals surface area contributed by atoms with Gasteiger partial charge in [-0.2, -0.15) is 0 Å². The molecule has 5 heteroatoms. The van der Waals surface area contributed by atoms with Gasteiger partial charge >= 0.3 is 11.9 Å². The van der Waals surface area contributed by atoms with E-state index in [0.29, 0.717) is 13.0 Å². The summed E-state index contributed by atoms with van der Waals surface area (Å²) in [5, 5.41) is 8.93. The first-order valence-corrected chi connectivity index (χ1v) is 11.9. The molecule has 0 aliphatic rings. The van der Waals surface area contributed by atoms with Gasteiger partial charge in [-0.1, -0.05) is 72.1 Å². The highest BCUT2D eigenvalue weighted by atomic mass is 16.6. The third kappa shape index (κ3) is 12.2. The number of carbonyl (C=O) groups is 2.